The van der Waals surface area contributed by atoms with E-state index in [9.17, 15) is 18.0 Å². The molecule has 0 aliphatic carbocycles. The van der Waals surface area contributed by atoms with Crippen LogP contribution in [0.15, 0.2) is 67.1 Å². The van der Waals surface area contributed by atoms with Crippen LogP contribution in [0.25, 0.3) is 11.4 Å². The summed E-state index contributed by atoms with van der Waals surface area (Å²) in [5, 5.41) is 16.8. The Morgan fingerprint density at radius 3 is 2.68 bits per heavy atom. The van der Waals surface area contributed by atoms with E-state index < -0.39 is 23.3 Å². The molecule has 1 saturated heterocycles. The molecule has 0 unspecified atom stereocenters. The fourth-order valence-electron chi connectivity index (χ4n) is 4.29. The average molecular weight is 509 g/mol. The van der Waals surface area contributed by atoms with E-state index in [1.807, 2.05) is 18.2 Å². The SMILES string of the molecule is O=C(NCc1cccnc1C(F)(F)F)c1cccc(N[C@]2(c3nc(-c4ccncc4)n[nH]3)CCNC2)c1. The molecule has 3 aromatic heterocycles. The van der Waals surface area contributed by atoms with Gasteiger partial charge in [-0.05, 0) is 49.4 Å². The smallest absolute Gasteiger partial charge is 0.372 e. The Morgan fingerprint density at radius 1 is 1.08 bits per heavy atom. The van der Waals surface area contributed by atoms with Crippen LogP contribution in [0.3, 0.4) is 0 Å². The van der Waals surface area contributed by atoms with E-state index in [1.54, 1.807) is 30.6 Å². The number of halogens is 3. The number of carbonyl (C=O) groups excluding carboxylic acids is 1. The van der Waals surface area contributed by atoms with Gasteiger partial charge in [0, 0.05) is 54.1 Å². The highest BCUT2D eigenvalue weighted by Gasteiger charge is 2.39. The van der Waals surface area contributed by atoms with Crippen molar-refractivity contribution in [2.75, 3.05) is 18.4 Å². The van der Waals surface area contributed by atoms with Gasteiger partial charge in [0.2, 0.25) is 0 Å². The summed E-state index contributed by atoms with van der Waals surface area (Å²) in [6.45, 7) is 1.03. The Labute approximate surface area is 210 Å². The second-order valence-electron chi connectivity index (χ2n) is 8.65. The summed E-state index contributed by atoms with van der Waals surface area (Å²) in [7, 11) is 0. The Balaban J connectivity index is 1.33. The number of hydrogen-bond acceptors (Lipinski definition) is 7. The zero-order valence-corrected chi connectivity index (χ0v) is 19.5. The number of anilines is 1. The first kappa shape index (κ1) is 24.4. The number of rotatable bonds is 7. The van der Waals surface area contributed by atoms with E-state index in [0.29, 0.717) is 29.4 Å². The number of carbonyl (C=O) groups is 1. The number of amides is 1. The maximum atomic E-state index is 13.2. The zero-order chi connectivity index (χ0) is 25.9. The first-order valence-corrected chi connectivity index (χ1v) is 11.6. The van der Waals surface area contributed by atoms with E-state index in [1.165, 1.54) is 12.1 Å². The molecule has 1 aliphatic rings. The van der Waals surface area contributed by atoms with Crippen molar-refractivity contribution in [3.05, 3.63) is 89.8 Å². The lowest BCUT2D eigenvalue weighted by atomic mass is 9.96. The first-order valence-electron chi connectivity index (χ1n) is 11.6. The standard InChI is InChI=1S/C25H23F3N8O/c26-25(27,28)20-18(4-2-9-31-20)14-32-22(37)17-3-1-5-19(13-17)34-24(8-12-30-15-24)23-33-21(35-36-23)16-6-10-29-11-7-16/h1-7,9-11,13,30,34H,8,12,14-15H2,(H,32,37)(H,33,35,36)/t24-/m1/s1. The van der Waals surface area contributed by atoms with Gasteiger partial charge in [-0.15, -0.1) is 0 Å². The Hall–Kier alpha value is -4.32. The highest BCUT2D eigenvalue weighted by Crippen LogP contribution is 2.32. The van der Waals surface area contributed by atoms with Crippen LogP contribution in [0, 0.1) is 0 Å². The maximum Gasteiger partial charge on any atom is 0.433 e. The van der Waals surface area contributed by atoms with Gasteiger partial charge in [-0.3, -0.25) is 19.9 Å². The molecule has 1 aromatic carbocycles. The normalized spacial score (nSPS) is 17.5. The van der Waals surface area contributed by atoms with Gasteiger partial charge in [0.1, 0.15) is 11.2 Å². The molecule has 190 valence electrons. The summed E-state index contributed by atoms with van der Waals surface area (Å²) in [4.78, 5) is 24.9. The van der Waals surface area contributed by atoms with Crippen LogP contribution in [0.1, 0.15) is 33.9 Å². The fourth-order valence-corrected chi connectivity index (χ4v) is 4.29. The Bertz CT molecular complexity index is 1380. The van der Waals surface area contributed by atoms with E-state index in [4.69, 9.17) is 4.98 Å². The van der Waals surface area contributed by atoms with E-state index in [2.05, 4.69) is 36.1 Å². The van der Waals surface area contributed by atoms with Crippen molar-refractivity contribution in [2.24, 2.45) is 0 Å². The monoisotopic (exact) mass is 508 g/mol. The Kier molecular flexibility index (Phi) is 6.57. The third kappa shape index (κ3) is 5.28. The van der Waals surface area contributed by atoms with Crippen molar-refractivity contribution < 1.29 is 18.0 Å². The maximum absolute atomic E-state index is 13.2. The lowest BCUT2D eigenvalue weighted by Gasteiger charge is -2.28. The zero-order valence-electron chi connectivity index (χ0n) is 19.5. The molecule has 0 spiro atoms. The number of benzene rings is 1. The van der Waals surface area contributed by atoms with Crippen LogP contribution in [0.4, 0.5) is 18.9 Å². The van der Waals surface area contributed by atoms with Crippen molar-refractivity contribution in [1.29, 1.82) is 0 Å². The lowest BCUT2D eigenvalue weighted by molar-refractivity contribution is -0.141. The summed E-state index contributed by atoms with van der Waals surface area (Å²) in [5.74, 6) is 0.696. The molecule has 37 heavy (non-hydrogen) atoms. The van der Waals surface area contributed by atoms with Crippen molar-refractivity contribution >= 4 is 11.6 Å². The first-order chi connectivity index (χ1) is 17.8. The van der Waals surface area contributed by atoms with Crippen molar-refractivity contribution in [2.45, 2.75) is 24.7 Å². The van der Waals surface area contributed by atoms with Gasteiger partial charge in [-0.1, -0.05) is 12.1 Å². The average Bonchev–Trinajstić information content (AvgIpc) is 3.59. The number of H-pyrrole nitrogens is 1. The molecule has 1 aliphatic heterocycles. The number of nitrogens with one attached hydrogen (secondary N) is 4. The van der Waals surface area contributed by atoms with Gasteiger partial charge in [-0.25, -0.2) is 4.98 Å². The van der Waals surface area contributed by atoms with Gasteiger partial charge >= 0.3 is 6.18 Å². The number of pyridine rings is 2. The van der Waals surface area contributed by atoms with Gasteiger partial charge in [0.25, 0.3) is 5.91 Å². The van der Waals surface area contributed by atoms with E-state index >= 15 is 0 Å². The van der Waals surface area contributed by atoms with Crippen LogP contribution in [-0.2, 0) is 18.3 Å². The quantitative estimate of drug-likeness (QED) is 0.302. The fraction of sp³-hybridized carbons (Fsp3) is 0.240. The van der Waals surface area contributed by atoms with Crippen LogP contribution in [-0.4, -0.2) is 44.1 Å². The molecule has 0 saturated carbocycles. The topological polar surface area (TPSA) is 121 Å². The minimum absolute atomic E-state index is 0.107. The number of aromatic nitrogens is 5. The molecule has 4 N–H and O–H groups in total. The summed E-state index contributed by atoms with van der Waals surface area (Å²) in [6.07, 6.45) is 0.532. The number of aromatic amines is 1. The number of alkyl halides is 3. The third-order valence-electron chi connectivity index (χ3n) is 6.14. The molecule has 12 heteroatoms. The van der Waals surface area contributed by atoms with Gasteiger partial charge < -0.3 is 16.0 Å². The lowest BCUT2D eigenvalue weighted by Crippen LogP contribution is -2.39. The second-order valence-corrected chi connectivity index (χ2v) is 8.65. The summed E-state index contributed by atoms with van der Waals surface area (Å²) in [6, 6.07) is 13.1. The van der Waals surface area contributed by atoms with Crippen molar-refractivity contribution in [3.8, 4) is 11.4 Å². The molecular formula is C25H23F3N8O. The molecule has 0 bridgehead atoms. The van der Waals surface area contributed by atoms with Crippen molar-refractivity contribution in [1.82, 2.24) is 35.8 Å². The molecule has 5 rings (SSSR count). The van der Waals surface area contributed by atoms with Crippen LogP contribution >= 0.6 is 0 Å². The van der Waals surface area contributed by atoms with Gasteiger partial charge in [0.05, 0.1) is 0 Å². The molecule has 9 nitrogen and oxygen atoms in total. The molecule has 4 heterocycles. The van der Waals surface area contributed by atoms with Crippen LogP contribution in [0.5, 0.6) is 0 Å². The van der Waals surface area contributed by atoms with E-state index in [-0.39, 0.29) is 12.1 Å². The second kappa shape index (κ2) is 9.97. The molecule has 4 aromatic rings. The predicted molar refractivity (Wildman–Crippen MR) is 129 cm³/mol. The minimum atomic E-state index is -4.60. The van der Waals surface area contributed by atoms with Crippen LogP contribution in [0.2, 0.25) is 0 Å². The largest absolute Gasteiger partial charge is 0.433 e. The molecule has 1 atom stereocenters. The molecular weight excluding hydrogens is 485 g/mol. The predicted octanol–water partition coefficient (Wildman–Crippen LogP) is 3.51. The number of hydrogen-bond donors (Lipinski definition) is 4. The summed E-state index contributed by atoms with van der Waals surface area (Å²) >= 11 is 0. The third-order valence-corrected chi connectivity index (χ3v) is 6.14. The van der Waals surface area contributed by atoms with Gasteiger partial charge in [-0.2, -0.15) is 18.3 Å². The minimum Gasteiger partial charge on any atom is -0.372 e. The number of nitrogens with zero attached hydrogens (tertiary/aromatic N) is 4. The summed E-state index contributed by atoms with van der Waals surface area (Å²) in [5.41, 5.74) is 0.0855. The highest BCUT2D eigenvalue weighted by molar-refractivity contribution is 5.95. The molecule has 0 radical (unpaired) electrons. The molecule has 1 amide bonds. The molecule has 1 fully saturated rings. The van der Waals surface area contributed by atoms with Gasteiger partial charge in [0.15, 0.2) is 11.6 Å². The Morgan fingerprint density at radius 2 is 1.92 bits per heavy atom. The van der Waals surface area contributed by atoms with Crippen molar-refractivity contribution in [3.63, 3.8) is 0 Å². The van der Waals surface area contributed by atoms with Crippen LogP contribution < -0.4 is 16.0 Å². The highest BCUT2D eigenvalue weighted by atomic mass is 19.4. The summed E-state index contributed by atoms with van der Waals surface area (Å²) < 4.78 is 39.6. The van der Waals surface area contributed by atoms with E-state index in [0.717, 1.165) is 24.7 Å².